The highest BCUT2D eigenvalue weighted by Crippen LogP contribution is 2.24. The van der Waals surface area contributed by atoms with Crippen LogP contribution in [0.1, 0.15) is 10.4 Å². The van der Waals surface area contributed by atoms with E-state index < -0.39 is 10.1 Å². The Kier molecular flexibility index (Phi) is 3.62. The van der Waals surface area contributed by atoms with Crippen molar-refractivity contribution >= 4 is 27.2 Å². The predicted molar refractivity (Wildman–Crippen MR) is 64.2 cm³/mol. The standard InChI is InChI=1S/C11H8O4S.H3N/c12-7-10-9-4-2-1-3-8(9)5-6-11(10)16(13,14)15;/h1-7H,(H,13,14,15);1H3. The van der Waals surface area contributed by atoms with E-state index in [1.54, 1.807) is 30.3 Å². The van der Waals surface area contributed by atoms with Crippen LogP contribution in [-0.2, 0) is 10.1 Å². The van der Waals surface area contributed by atoms with Gasteiger partial charge in [-0.2, -0.15) is 8.42 Å². The molecular formula is C11H11NO4S. The highest BCUT2D eigenvalue weighted by Gasteiger charge is 2.16. The molecule has 0 aliphatic rings. The fourth-order valence-electron chi connectivity index (χ4n) is 1.62. The first-order valence-electron chi connectivity index (χ1n) is 4.48. The number of fused-ring (bicyclic) bond motifs is 1. The minimum atomic E-state index is -4.37. The lowest BCUT2D eigenvalue weighted by molar-refractivity contribution is 0.112. The van der Waals surface area contributed by atoms with E-state index in [9.17, 15) is 13.2 Å². The Bertz CT molecular complexity index is 664. The third-order valence-electron chi connectivity index (χ3n) is 2.33. The van der Waals surface area contributed by atoms with Crippen LogP contribution in [0.15, 0.2) is 41.3 Å². The molecule has 0 saturated carbocycles. The molecule has 2 rings (SSSR count). The smallest absolute Gasteiger partial charge is 0.295 e. The molecule has 0 saturated heterocycles. The molecule has 0 unspecified atom stereocenters. The summed E-state index contributed by atoms with van der Waals surface area (Å²) in [5, 5.41) is 1.25. The van der Waals surface area contributed by atoms with Gasteiger partial charge >= 0.3 is 0 Å². The summed E-state index contributed by atoms with van der Waals surface area (Å²) in [6.45, 7) is 0. The molecule has 2 aromatic carbocycles. The molecule has 0 fully saturated rings. The highest BCUT2D eigenvalue weighted by atomic mass is 32.2. The Morgan fingerprint density at radius 3 is 2.29 bits per heavy atom. The average molecular weight is 253 g/mol. The maximum absolute atomic E-state index is 11.1. The van der Waals surface area contributed by atoms with Crippen molar-refractivity contribution in [2.75, 3.05) is 0 Å². The minimum Gasteiger partial charge on any atom is -0.344 e. The van der Waals surface area contributed by atoms with Crippen LogP contribution in [0, 0.1) is 0 Å². The summed E-state index contributed by atoms with van der Waals surface area (Å²) in [5.41, 5.74) is -0.0133. The molecule has 0 amide bonds. The Morgan fingerprint density at radius 1 is 1.06 bits per heavy atom. The van der Waals surface area contributed by atoms with Crippen molar-refractivity contribution < 1.29 is 17.8 Å². The van der Waals surface area contributed by atoms with E-state index in [4.69, 9.17) is 4.55 Å². The summed E-state index contributed by atoms with van der Waals surface area (Å²) in [6.07, 6.45) is 0.436. The van der Waals surface area contributed by atoms with E-state index in [2.05, 4.69) is 0 Å². The second kappa shape index (κ2) is 4.62. The van der Waals surface area contributed by atoms with Crippen molar-refractivity contribution in [3.05, 3.63) is 42.0 Å². The van der Waals surface area contributed by atoms with E-state index in [1.807, 2.05) is 0 Å². The molecule has 0 heterocycles. The molecule has 0 aromatic heterocycles. The van der Waals surface area contributed by atoms with Gasteiger partial charge in [0.05, 0.1) is 0 Å². The van der Waals surface area contributed by atoms with E-state index >= 15 is 0 Å². The number of benzene rings is 2. The summed E-state index contributed by atoms with van der Waals surface area (Å²) in [7, 11) is -4.37. The van der Waals surface area contributed by atoms with E-state index in [1.165, 1.54) is 6.07 Å². The lowest BCUT2D eigenvalue weighted by Gasteiger charge is -2.05. The number of hydrogen-bond acceptors (Lipinski definition) is 4. The maximum atomic E-state index is 11.1. The molecule has 0 aliphatic carbocycles. The molecule has 0 atom stereocenters. The lowest BCUT2D eigenvalue weighted by atomic mass is 10.1. The molecule has 0 spiro atoms. The van der Waals surface area contributed by atoms with Crippen molar-refractivity contribution in [2.24, 2.45) is 0 Å². The number of hydrogen-bond donors (Lipinski definition) is 2. The van der Waals surface area contributed by atoms with E-state index in [0.717, 1.165) is 5.39 Å². The van der Waals surface area contributed by atoms with Gasteiger partial charge in [0, 0.05) is 5.56 Å². The first-order chi connectivity index (χ1) is 7.54. The van der Waals surface area contributed by atoms with Crippen molar-refractivity contribution in [2.45, 2.75) is 4.90 Å². The zero-order valence-corrected chi connectivity index (χ0v) is 9.65. The quantitative estimate of drug-likeness (QED) is 0.629. The second-order valence-corrected chi connectivity index (χ2v) is 4.68. The van der Waals surface area contributed by atoms with Gasteiger partial charge in [-0.25, -0.2) is 0 Å². The zero-order valence-electron chi connectivity index (χ0n) is 8.83. The van der Waals surface area contributed by atoms with Crippen LogP contribution in [0.25, 0.3) is 10.8 Å². The summed E-state index contributed by atoms with van der Waals surface area (Å²) in [4.78, 5) is 10.6. The van der Waals surface area contributed by atoms with Gasteiger partial charge in [0.15, 0.2) is 6.29 Å². The predicted octanol–water partition coefficient (Wildman–Crippen LogP) is 2.06. The summed E-state index contributed by atoms with van der Waals surface area (Å²) in [6, 6.07) is 9.64. The van der Waals surface area contributed by atoms with Crippen LogP contribution in [0.4, 0.5) is 0 Å². The highest BCUT2D eigenvalue weighted by molar-refractivity contribution is 7.86. The minimum absolute atomic E-state index is 0. The summed E-state index contributed by atoms with van der Waals surface area (Å²) >= 11 is 0. The molecule has 17 heavy (non-hydrogen) atoms. The molecule has 0 aliphatic heterocycles. The Morgan fingerprint density at radius 2 is 1.71 bits per heavy atom. The normalized spacial score (nSPS) is 10.9. The van der Waals surface area contributed by atoms with Crippen LogP contribution < -0.4 is 6.15 Å². The third kappa shape index (κ3) is 2.33. The molecule has 0 radical (unpaired) electrons. The van der Waals surface area contributed by atoms with Crippen molar-refractivity contribution in [3.8, 4) is 0 Å². The molecule has 5 nitrogen and oxygen atoms in total. The van der Waals surface area contributed by atoms with Crippen LogP contribution in [0.2, 0.25) is 0 Å². The van der Waals surface area contributed by atoms with Crippen LogP contribution in [0.5, 0.6) is 0 Å². The third-order valence-corrected chi connectivity index (χ3v) is 3.24. The van der Waals surface area contributed by atoms with Crippen LogP contribution >= 0.6 is 0 Å². The van der Waals surface area contributed by atoms with Crippen molar-refractivity contribution in [3.63, 3.8) is 0 Å². The second-order valence-electron chi connectivity index (χ2n) is 3.29. The first-order valence-corrected chi connectivity index (χ1v) is 5.92. The average Bonchev–Trinajstić information content (AvgIpc) is 2.26. The van der Waals surface area contributed by atoms with Crippen LogP contribution in [-0.4, -0.2) is 19.3 Å². The van der Waals surface area contributed by atoms with Gasteiger partial charge in [-0.1, -0.05) is 30.3 Å². The van der Waals surface area contributed by atoms with Crippen molar-refractivity contribution in [1.82, 2.24) is 6.15 Å². The summed E-state index contributed by atoms with van der Waals surface area (Å²) < 4.78 is 31.1. The molecule has 4 N–H and O–H groups in total. The molecule has 6 heteroatoms. The van der Waals surface area contributed by atoms with Crippen LogP contribution in [0.3, 0.4) is 0 Å². The van der Waals surface area contributed by atoms with Gasteiger partial charge in [0.25, 0.3) is 10.1 Å². The molecule has 90 valence electrons. The number of rotatable bonds is 2. The number of aldehydes is 1. The Balaban J connectivity index is 0.00000144. The Hall–Kier alpha value is -1.76. The largest absolute Gasteiger partial charge is 0.344 e. The zero-order chi connectivity index (χ0) is 11.8. The molecule has 0 bridgehead atoms. The topological polar surface area (TPSA) is 106 Å². The monoisotopic (exact) mass is 253 g/mol. The van der Waals surface area contributed by atoms with Gasteiger partial charge < -0.3 is 6.15 Å². The number of carbonyl (C=O) groups is 1. The summed E-state index contributed by atoms with van der Waals surface area (Å²) in [5.74, 6) is 0. The molecule has 2 aromatic rings. The SMILES string of the molecule is N.O=Cc1c(S(=O)(=O)O)ccc2ccccc12. The van der Waals surface area contributed by atoms with Crippen molar-refractivity contribution in [1.29, 1.82) is 0 Å². The fraction of sp³-hybridized carbons (Fsp3) is 0. The van der Waals surface area contributed by atoms with Gasteiger partial charge in [-0.3, -0.25) is 9.35 Å². The van der Waals surface area contributed by atoms with Gasteiger partial charge in [-0.15, -0.1) is 0 Å². The lowest BCUT2D eigenvalue weighted by Crippen LogP contribution is -2.03. The fourth-order valence-corrected chi connectivity index (χ4v) is 2.30. The van der Waals surface area contributed by atoms with E-state index in [0.29, 0.717) is 11.7 Å². The maximum Gasteiger partial charge on any atom is 0.295 e. The van der Waals surface area contributed by atoms with E-state index in [-0.39, 0.29) is 16.6 Å². The molecular weight excluding hydrogens is 242 g/mol. The van der Waals surface area contributed by atoms with Gasteiger partial charge in [-0.05, 0) is 16.8 Å². The first kappa shape index (κ1) is 13.3. The number of carbonyl (C=O) groups excluding carboxylic acids is 1. The Labute approximate surface area is 98.4 Å². The van der Waals surface area contributed by atoms with Gasteiger partial charge in [0.1, 0.15) is 4.90 Å². The van der Waals surface area contributed by atoms with Gasteiger partial charge in [0.2, 0.25) is 0 Å².